The van der Waals surface area contributed by atoms with Gasteiger partial charge in [-0.1, -0.05) is 124 Å². The van der Waals surface area contributed by atoms with Gasteiger partial charge in [0.1, 0.15) is 0 Å². The van der Waals surface area contributed by atoms with E-state index in [1.807, 2.05) is 0 Å². The maximum atomic E-state index is 7.28. The molecule has 5 heteroatoms. The number of benzene rings is 4. The molecule has 3 heterocycles. The van der Waals surface area contributed by atoms with Crippen LogP contribution in [0.4, 0.5) is 0 Å². The summed E-state index contributed by atoms with van der Waals surface area (Å²) in [5, 5.41) is 4.85. The molecule has 7 rings (SSSR count). The molecular formula is C43H43IrN3S-2. The zero-order valence-electron chi connectivity index (χ0n) is 34.1. The Morgan fingerprint density at radius 3 is 2.12 bits per heavy atom. The Morgan fingerprint density at radius 1 is 0.771 bits per heavy atom. The van der Waals surface area contributed by atoms with Crippen LogP contribution in [-0.4, -0.2) is 14.5 Å². The van der Waals surface area contributed by atoms with Crippen LogP contribution in [0.25, 0.3) is 49.5 Å². The Bertz CT molecular complexity index is 2270. The minimum atomic E-state index is -2.18. The van der Waals surface area contributed by atoms with Crippen molar-refractivity contribution in [2.24, 2.45) is 0 Å². The molecule has 48 heavy (non-hydrogen) atoms. The minimum Gasteiger partial charge on any atom is -0.333 e. The summed E-state index contributed by atoms with van der Waals surface area (Å²) in [5.41, 5.74) is 10.2. The molecule has 0 fully saturated rings. The molecular weight excluding hydrogens is 783 g/mol. The van der Waals surface area contributed by atoms with Crippen LogP contribution in [0.1, 0.15) is 95.3 Å². The number of rotatable bonds is 6. The van der Waals surface area contributed by atoms with E-state index in [-0.39, 0.29) is 31.2 Å². The summed E-state index contributed by atoms with van der Waals surface area (Å²) in [7, 11) is 0. The Labute approximate surface area is 311 Å². The van der Waals surface area contributed by atoms with Gasteiger partial charge in [-0.15, -0.1) is 46.8 Å². The van der Waals surface area contributed by atoms with Crippen molar-refractivity contribution >= 4 is 32.5 Å². The fourth-order valence-electron chi connectivity index (χ4n) is 5.84. The molecule has 0 unspecified atom stereocenters. The van der Waals surface area contributed by atoms with Crippen LogP contribution in [0.15, 0.2) is 97.2 Å². The Hall–Kier alpha value is -3.89. The van der Waals surface area contributed by atoms with Gasteiger partial charge in [0.25, 0.3) is 0 Å². The normalized spacial score (nSPS) is 13.7. The van der Waals surface area contributed by atoms with Crippen molar-refractivity contribution in [2.75, 3.05) is 0 Å². The van der Waals surface area contributed by atoms with E-state index in [0.717, 1.165) is 22.4 Å². The first-order valence-corrected chi connectivity index (χ1v) is 16.9. The molecule has 247 valence electrons. The Balaban J connectivity index is 0.000000230. The number of hydrogen-bond acceptors (Lipinski definition) is 3. The van der Waals surface area contributed by atoms with Gasteiger partial charge in [-0.2, -0.15) is 0 Å². The molecule has 0 atom stereocenters. The molecule has 7 aromatic rings. The van der Waals surface area contributed by atoms with Gasteiger partial charge in [0.05, 0.1) is 16.9 Å². The van der Waals surface area contributed by atoms with Gasteiger partial charge in [0.15, 0.2) is 0 Å². The second-order valence-corrected chi connectivity index (χ2v) is 13.6. The van der Waals surface area contributed by atoms with E-state index < -0.39 is 13.7 Å². The van der Waals surface area contributed by atoms with E-state index in [4.69, 9.17) is 13.2 Å². The molecule has 0 N–H and O–H groups in total. The number of fused-ring (bicyclic) bond motifs is 2. The van der Waals surface area contributed by atoms with Crippen LogP contribution in [0.5, 0.6) is 0 Å². The number of hydrogen-bond donors (Lipinski definition) is 0. The van der Waals surface area contributed by atoms with Crippen LogP contribution in [0.2, 0.25) is 0 Å². The van der Waals surface area contributed by atoms with Gasteiger partial charge in [-0.05, 0) is 59.1 Å². The zero-order valence-corrected chi connectivity index (χ0v) is 31.3. The molecule has 3 nitrogen and oxygen atoms in total. The zero-order chi connectivity index (χ0) is 38.2. The quantitative estimate of drug-likeness (QED) is 0.156. The Morgan fingerprint density at radius 2 is 1.50 bits per heavy atom. The van der Waals surface area contributed by atoms with Crippen molar-refractivity contribution in [3.63, 3.8) is 0 Å². The van der Waals surface area contributed by atoms with E-state index in [1.54, 1.807) is 23.5 Å². The molecule has 0 saturated carbocycles. The van der Waals surface area contributed by atoms with E-state index in [9.17, 15) is 0 Å². The number of thiophene rings is 1. The second kappa shape index (κ2) is 15.1. The minimum absolute atomic E-state index is 0. The van der Waals surface area contributed by atoms with Crippen LogP contribution in [0.3, 0.4) is 0 Å². The van der Waals surface area contributed by atoms with E-state index in [2.05, 4.69) is 123 Å². The van der Waals surface area contributed by atoms with Crippen LogP contribution in [-0.2, 0) is 20.1 Å². The third-order valence-corrected chi connectivity index (χ3v) is 9.27. The molecule has 0 bridgehead atoms. The first-order valence-electron chi connectivity index (χ1n) is 19.1. The maximum Gasteiger partial charge on any atom is 0.0774 e. The smallest absolute Gasteiger partial charge is 0.0774 e. The fourth-order valence-corrected chi connectivity index (χ4v) is 6.73. The number of para-hydroxylation sites is 3. The molecule has 0 amide bonds. The van der Waals surface area contributed by atoms with Crippen molar-refractivity contribution in [2.45, 2.75) is 73.0 Å². The van der Waals surface area contributed by atoms with Gasteiger partial charge in [-0.3, -0.25) is 16.3 Å². The Kier molecular flexibility index (Phi) is 8.82. The van der Waals surface area contributed by atoms with Crippen molar-refractivity contribution in [3.8, 4) is 28.3 Å². The SMILES string of the molecule is CC(C)c1ccc2c(-c3nc4ccccc4n3-c3c(C(C)C)cccc3C(C)C)[c-]sc2c1.[2H]C([2H])([2H])c1c[c-]c(-c2ccc(C([2H])([2H])[2H])cn2)cc1.[Ir]. The van der Waals surface area contributed by atoms with Gasteiger partial charge < -0.3 is 9.55 Å². The standard InChI is InChI=1S/C30H31N2S.C13H12N.Ir/c1-18(2)21-14-15-24-25(17-33-28(24)16-21)30-31-26-12-7-8-13-27(26)32(30)29-22(19(3)4)10-9-11-23(29)20(5)6;1-10-3-6-12(7-4-10)13-8-5-11(2)9-14-13;/h7-16,18-20H,1-6H3;3-6,8-9H,1-2H3;/q2*-1;/i;1D3,2D3;. The number of aromatic nitrogens is 3. The number of aryl methyl sites for hydroxylation is 2. The monoisotopic (exact) mass is 832 g/mol. The average Bonchev–Trinajstić information content (AvgIpc) is 3.72. The molecule has 3 aromatic heterocycles. The molecule has 0 aliphatic heterocycles. The van der Waals surface area contributed by atoms with Gasteiger partial charge >= 0.3 is 0 Å². The summed E-state index contributed by atoms with van der Waals surface area (Å²) >= 11 is 1.70. The summed E-state index contributed by atoms with van der Waals surface area (Å²) in [6, 6.07) is 32.5. The van der Waals surface area contributed by atoms with E-state index in [0.29, 0.717) is 29.0 Å². The van der Waals surface area contributed by atoms with Gasteiger partial charge in [0, 0.05) is 40.2 Å². The number of pyridine rings is 1. The van der Waals surface area contributed by atoms with Gasteiger partial charge in [-0.25, -0.2) is 0 Å². The summed E-state index contributed by atoms with van der Waals surface area (Å²) in [6.07, 6.45) is 1.30. The fraction of sp³-hybridized carbons (Fsp3) is 0.256. The topological polar surface area (TPSA) is 30.7 Å². The molecule has 1 radical (unpaired) electrons. The molecule has 0 saturated heterocycles. The number of imidazole rings is 1. The average molecular weight is 832 g/mol. The molecule has 0 spiro atoms. The van der Waals surface area contributed by atoms with Crippen LogP contribution < -0.4 is 0 Å². The summed E-state index contributed by atoms with van der Waals surface area (Å²) in [6.45, 7) is 9.27. The van der Waals surface area contributed by atoms with E-state index >= 15 is 0 Å². The molecule has 0 aliphatic rings. The predicted molar refractivity (Wildman–Crippen MR) is 201 cm³/mol. The summed E-state index contributed by atoms with van der Waals surface area (Å²) < 4.78 is 47.3. The molecule has 0 aliphatic carbocycles. The first kappa shape index (κ1) is 28.0. The third-order valence-electron chi connectivity index (χ3n) is 8.41. The summed E-state index contributed by atoms with van der Waals surface area (Å²) in [5.74, 6) is 2.31. The third kappa shape index (κ3) is 7.24. The second-order valence-electron chi connectivity index (χ2n) is 12.8. The van der Waals surface area contributed by atoms with E-state index in [1.165, 1.54) is 56.9 Å². The largest absolute Gasteiger partial charge is 0.333 e. The van der Waals surface area contributed by atoms with Crippen molar-refractivity contribution < 1.29 is 28.3 Å². The molecule has 4 aromatic carbocycles. The summed E-state index contributed by atoms with van der Waals surface area (Å²) in [4.78, 5) is 9.25. The van der Waals surface area contributed by atoms with Crippen LogP contribution in [0, 0.1) is 25.2 Å². The first-order chi connectivity index (χ1) is 25.0. The van der Waals surface area contributed by atoms with Gasteiger partial charge in [0.2, 0.25) is 0 Å². The van der Waals surface area contributed by atoms with Crippen LogP contribution >= 0.6 is 11.3 Å². The maximum absolute atomic E-state index is 7.28. The number of nitrogens with zero attached hydrogens (tertiary/aromatic N) is 3. The van der Waals surface area contributed by atoms with Crippen molar-refractivity contribution in [1.29, 1.82) is 0 Å². The van der Waals surface area contributed by atoms with Crippen molar-refractivity contribution in [1.82, 2.24) is 14.5 Å². The predicted octanol–water partition coefficient (Wildman–Crippen LogP) is 12.2. The van der Waals surface area contributed by atoms with Crippen molar-refractivity contribution in [3.05, 3.63) is 136 Å².